The molecule has 0 aliphatic carbocycles. The van der Waals surface area contributed by atoms with Gasteiger partial charge in [-0.2, -0.15) is 13.2 Å². The Morgan fingerprint density at radius 2 is 2.07 bits per heavy atom. The lowest BCUT2D eigenvalue weighted by Crippen LogP contribution is -2.13. The molecule has 76 valence electrons. The minimum atomic E-state index is -4.67. The van der Waals surface area contributed by atoms with Crippen molar-refractivity contribution >= 4 is 28.6 Å². The number of carboxylic acid groups (broad SMARTS) is 1. The van der Waals surface area contributed by atoms with E-state index in [2.05, 4.69) is 4.98 Å². The molecule has 7 heteroatoms. The number of carboxylic acids is 1. The summed E-state index contributed by atoms with van der Waals surface area (Å²) in [6, 6.07) is 0.698. The minimum Gasteiger partial charge on any atom is -0.478 e. The molecule has 1 N–H and O–H groups in total. The van der Waals surface area contributed by atoms with Gasteiger partial charge in [-0.05, 0) is 28.7 Å². The first kappa shape index (κ1) is 11.2. The van der Waals surface area contributed by atoms with Gasteiger partial charge in [-0.1, -0.05) is 0 Å². The van der Waals surface area contributed by atoms with Gasteiger partial charge in [0.2, 0.25) is 0 Å². The summed E-state index contributed by atoms with van der Waals surface area (Å²) in [7, 11) is 0. The molecule has 1 heterocycles. The molecular weight excluding hydrogens is 314 g/mol. The lowest BCUT2D eigenvalue weighted by Gasteiger charge is -2.09. The molecule has 0 unspecified atom stereocenters. The second kappa shape index (κ2) is 3.71. The van der Waals surface area contributed by atoms with Gasteiger partial charge in [0.05, 0.1) is 11.1 Å². The molecule has 1 aromatic heterocycles. The molecule has 3 nitrogen and oxygen atoms in total. The molecule has 0 bridgehead atoms. The molecule has 0 fully saturated rings. The van der Waals surface area contributed by atoms with Crippen molar-refractivity contribution in [2.75, 3.05) is 0 Å². The predicted molar refractivity (Wildman–Crippen MR) is 48.9 cm³/mol. The van der Waals surface area contributed by atoms with Crippen LogP contribution in [0.25, 0.3) is 0 Å². The van der Waals surface area contributed by atoms with Crippen LogP contribution in [-0.2, 0) is 6.18 Å². The Hall–Kier alpha value is -0.860. The Bertz CT molecular complexity index is 378. The molecule has 0 saturated carbocycles. The van der Waals surface area contributed by atoms with Crippen molar-refractivity contribution in [1.82, 2.24) is 4.98 Å². The fourth-order valence-corrected chi connectivity index (χ4v) is 1.29. The van der Waals surface area contributed by atoms with E-state index >= 15 is 0 Å². The average Bonchev–Trinajstić information content (AvgIpc) is 2.01. The van der Waals surface area contributed by atoms with Crippen LogP contribution in [-0.4, -0.2) is 16.1 Å². The van der Waals surface area contributed by atoms with Crippen LogP contribution >= 0.6 is 22.6 Å². The number of halogens is 4. The third-order valence-corrected chi connectivity index (χ3v) is 2.00. The van der Waals surface area contributed by atoms with Crippen molar-refractivity contribution in [2.45, 2.75) is 6.18 Å². The zero-order valence-corrected chi connectivity index (χ0v) is 8.63. The van der Waals surface area contributed by atoms with Crippen LogP contribution in [0.3, 0.4) is 0 Å². The molecular formula is C7H3F3INO2. The van der Waals surface area contributed by atoms with Crippen LogP contribution in [0.15, 0.2) is 12.3 Å². The van der Waals surface area contributed by atoms with Crippen molar-refractivity contribution in [1.29, 1.82) is 0 Å². The van der Waals surface area contributed by atoms with Crippen LogP contribution in [0.5, 0.6) is 0 Å². The standard InChI is InChI=1S/C7H3F3INO2/c8-7(9,10)4-1-5(11)12-2-3(4)6(13)14/h1-2H,(H,13,14). The SMILES string of the molecule is O=C(O)c1cnc(I)cc1C(F)(F)F. The summed E-state index contributed by atoms with van der Waals surface area (Å²) in [5.41, 5.74) is -2.01. The van der Waals surface area contributed by atoms with Gasteiger partial charge in [0.1, 0.15) is 3.70 Å². The van der Waals surface area contributed by atoms with Gasteiger partial charge in [0.25, 0.3) is 0 Å². The maximum absolute atomic E-state index is 12.3. The number of hydrogen-bond acceptors (Lipinski definition) is 2. The molecule has 0 atom stereocenters. The number of alkyl halides is 3. The van der Waals surface area contributed by atoms with Crippen LogP contribution in [0.4, 0.5) is 13.2 Å². The molecule has 14 heavy (non-hydrogen) atoms. The highest BCUT2D eigenvalue weighted by molar-refractivity contribution is 14.1. The maximum Gasteiger partial charge on any atom is 0.417 e. The zero-order valence-electron chi connectivity index (χ0n) is 6.47. The van der Waals surface area contributed by atoms with Gasteiger partial charge in [0.15, 0.2) is 0 Å². The lowest BCUT2D eigenvalue weighted by molar-refractivity contribution is -0.138. The summed E-state index contributed by atoms with van der Waals surface area (Å²) in [5, 5.41) is 8.48. The quantitative estimate of drug-likeness (QED) is 0.639. The summed E-state index contributed by atoms with van der Waals surface area (Å²) in [4.78, 5) is 13.9. The van der Waals surface area contributed by atoms with E-state index in [4.69, 9.17) is 5.11 Å². The Morgan fingerprint density at radius 3 is 2.50 bits per heavy atom. The molecule has 0 aromatic carbocycles. The number of carbonyl (C=O) groups is 1. The first-order chi connectivity index (χ1) is 6.32. The largest absolute Gasteiger partial charge is 0.478 e. The second-order valence-corrected chi connectivity index (χ2v) is 3.46. The van der Waals surface area contributed by atoms with Gasteiger partial charge in [-0.15, -0.1) is 0 Å². The average molecular weight is 317 g/mol. The van der Waals surface area contributed by atoms with E-state index < -0.39 is 23.3 Å². The van der Waals surface area contributed by atoms with E-state index in [1.54, 1.807) is 22.6 Å². The van der Waals surface area contributed by atoms with Gasteiger partial charge in [0, 0.05) is 6.20 Å². The Balaban J connectivity index is 3.38. The third-order valence-electron chi connectivity index (χ3n) is 1.41. The molecule has 0 spiro atoms. The van der Waals surface area contributed by atoms with Crippen LogP contribution in [0, 0.1) is 3.70 Å². The van der Waals surface area contributed by atoms with Crippen molar-refractivity contribution < 1.29 is 23.1 Å². The Labute approximate surface area is 90.1 Å². The zero-order chi connectivity index (χ0) is 10.9. The lowest BCUT2D eigenvalue weighted by atomic mass is 10.1. The highest BCUT2D eigenvalue weighted by Gasteiger charge is 2.35. The Kier molecular flexibility index (Phi) is 2.98. The molecule has 0 radical (unpaired) electrons. The van der Waals surface area contributed by atoms with Gasteiger partial charge >= 0.3 is 12.1 Å². The minimum absolute atomic E-state index is 0.0972. The highest BCUT2D eigenvalue weighted by Crippen LogP contribution is 2.32. The van der Waals surface area contributed by atoms with Gasteiger partial charge < -0.3 is 5.11 Å². The molecule has 0 aliphatic heterocycles. The monoisotopic (exact) mass is 317 g/mol. The van der Waals surface area contributed by atoms with Crippen molar-refractivity contribution in [3.05, 3.63) is 27.1 Å². The number of hydrogen-bond donors (Lipinski definition) is 1. The van der Waals surface area contributed by atoms with Crippen molar-refractivity contribution in [3.8, 4) is 0 Å². The topological polar surface area (TPSA) is 50.2 Å². The number of pyridine rings is 1. The summed E-state index contributed by atoms with van der Waals surface area (Å²) in [6.07, 6.45) is -3.97. The van der Waals surface area contributed by atoms with Crippen LogP contribution in [0.1, 0.15) is 15.9 Å². The van der Waals surface area contributed by atoms with E-state index in [1.807, 2.05) is 0 Å². The number of nitrogens with zero attached hydrogens (tertiary/aromatic N) is 1. The second-order valence-electron chi connectivity index (χ2n) is 2.36. The fraction of sp³-hybridized carbons (Fsp3) is 0.143. The van der Waals surface area contributed by atoms with E-state index in [9.17, 15) is 18.0 Å². The van der Waals surface area contributed by atoms with E-state index in [1.165, 1.54) is 0 Å². The molecule has 0 aliphatic rings. The third kappa shape index (κ3) is 2.34. The van der Waals surface area contributed by atoms with Crippen LogP contribution < -0.4 is 0 Å². The summed E-state index contributed by atoms with van der Waals surface area (Å²) >= 11 is 1.58. The predicted octanol–water partition coefficient (Wildman–Crippen LogP) is 2.40. The number of aromatic carboxylic acids is 1. The summed E-state index contributed by atoms with van der Waals surface area (Å²) in [6.45, 7) is 0. The summed E-state index contributed by atoms with van der Waals surface area (Å²) < 4.78 is 37.0. The Morgan fingerprint density at radius 1 is 1.50 bits per heavy atom. The normalized spacial score (nSPS) is 11.4. The van der Waals surface area contributed by atoms with E-state index in [0.29, 0.717) is 12.3 Å². The first-order valence-corrected chi connectivity index (χ1v) is 4.36. The molecule has 0 saturated heterocycles. The number of aromatic nitrogens is 1. The molecule has 0 amide bonds. The fourth-order valence-electron chi connectivity index (χ4n) is 0.835. The smallest absolute Gasteiger partial charge is 0.417 e. The maximum atomic E-state index is 12.3. The van der Waals surface area contributed by atoms with Gasteiger partial charge in [-0.25, -0.2) is 9.78 Å². The van der Waals surface area contributed by atoms with Gasteiger partial charge in [-0.3, -0.25) is 0 Å². The van der Waals surface area contributed by atoms with E-state index in [-0.39, 0.29) is 3.70 Å². The van der Waals surface area contributed by atoms with Crippen molar-refractivity contribution in [2.24, 2.45) is 0 Å². The van der Waals surface area contributed by atoms with E-state index in [0.717, 1.165) is 0 Å². The number of rotatable bonds is 1. The highest BCUT2D eigenvalue weighted by atomic mass is 127. The molecule has 1 aromatic rings. The van der Waals surface area contributed by atoms with Crippen LogP contribution in [0.2, 0.25) is 0 Å². The van der Waals surface area contributed by atoms with Crippen molar-refractivity contribution in [3.63, 3.8) is 0 Å². The first-order valence-electron chi connectivity index (χ1n) is 3.28. The summed E-state index contributed by atoms with van der Waals surface area (Å²) in [5.74, 6) is -1.64. The molecule has 1 rings (SSSR count).